The molecule has 1 heterocycles. The summed E-state index contributed by atoms with van der Waals surface area (Å²) in [6.07, 6.45) is 3.80. The third-order valence-electron chi connectivity index (χ3n) is 3.77. The molecule has 1 fully saturated rings. The highest BCUT2D eigenvalue weighted by Gasteiger charge is 2.29. The molecule has 0 saturated heterocycles. The number of ether oxygens (including phenoxy) is 2. The minimum absolute atomic E-state index is 0. The van der Waals surface area contributed by atoms with Crippen LogP contribution < -0.4 is 9.47 Å². The van der Waals surface area contributed by atoms with Crippen molar-refractivity contribution in [3.63, 3.8) is 0 Å². The lowest BCUT2D eigenvalue weighted by atomic mass is 10.0. The molecule has 0 N–H and O–H groups in total. The first-order chi connectivity index (χ1) is 9.63. The van der Waals surface area contributed by atoms with Crippen molar-refractivity contribution in [2.75, 3.05) is 27.4 Å². The van der Waals surface area contributed by atoms with Crippen LogP contribution >= 0.6 is 12.4 Å². The van der Waals surface area contributed by atoms with E-state index < -0.39 is 0 Å². The number of nitrogens with zero attached hydrogens (tertiary/aromatic N) is 1. The second-order valence-electron chi connectivity index (χ2n) is 5.64. The summed E-state index contributed by atoms with van der Waals surface area (Å²) in [5.74, 6) is 1.96. The highest BCUT2D eigenvalue weighted by Crippen LogP contribution is 2.34. The Hall–Kier alpha value is -1.52. The van der Waals surface area contributed by atoms with E-state index in [1.54, 1.807) is 0 Å². The molecule has 1 aromatic carbocycles. The van der Waals surface area contributed by atoms with E-state index in [1.165, 1.54) is 0 Å². The van der Waals surface area contributed by atoms with E-state index in [1.807, 2.05) is 38.4 Å². The van der Waals surface area contributed by atoms with Gasteiger partial charge in [-0.1, -0.05) is 6.07 Å². The van der Waals surface area contributed by atoms with Crippen LogP contribution in [0.5, 0.6) is 11.5 Å². The molecule has 4 nitrogen and oxygen atoms in total. The summed E-state index contributed by atoms with van der Waals surface area (Å²) in [5, 5.41) is 0. The molecule has 1 aliphatic carbocycles. The number of ketones is 1. The van der Waals surface area contributed by atoms with Gasteiger partial charge in [-0.05, 0) is 56.3 Å². The van der Waals surface area contributed by atoms with Crippen LogP contribution in [0.2, 0.25) is 0 Å². The fraction of sp³-hybridized carbons (Fsp3) is 0.438. The van der Waals surface area contributed by atoms with Crippen molar-refractivity contribution < 1.29 is 14.3 Å². The number of carbonyl (C=O) groups excluding carboxylic acids is 1. The summed E-state index contributed by atoms with van der Waals surface area (Å²) in [5.41, 5.74) is 1.93. The topological polar surface area (TPSA) is 38.8 Å². The normalized spacial score (nSPS) is 22.0. The fourth-order valence-corrected chi connectivity index (χ4v) is 2.81. The maximum absolute atomic E-state index is 12.3. The first kappa shape index (κ1) is 15.9. The quantitative estimate of drug-likeness (QED) is 0.805. The van der Waals surface area contributed by atoms with E-state index in [2.05, 4.69) is 4.90 Å². The molecule has 5 heteroatoms. The molecule has 0 spiro atoms. The second-order valence-corrected chi connectivity index (χ2v) is 5.64. The number of halogens is 1. The lowest BCUT2D eigenvalue weighted by molar-refractivity contribution is -0.118. The van der Waals surface area contributed by atoms with Crippen LogP contribution in [0, 0.1) is 5.92 Å². The molecule has 0 bridgehead atoms. The molecule has 2 aliphatic rings. The Morgan fingerprint density at radius 3 is 2.81 bits per heavy atom. The maximum Gasteiger partial charge on any atom is 0.231 e. The number of fused-ring (bicyclic) bond motifs is 1. The standard InChI is InChI=1S/C16H19NO3.ClH/c1-17(2)9-13-5-4-12(16(13)18)7-11-3-6-14-15(8-11)20-10-19-14;/h3,6-8,13H,4-5,9-10H2,1-2H3;1H/b12-7+;. The minimum Gasteiger partial charge on any atom is -0.454 e. The van der Waals surface area contributed by atoms with E-state index in [0.29, 0.717) is 0 Å². The number of carbonyl (C=O) groups is 1. The Morgan fingerprint density at radius 2 is 2.05 bits per heavy atom. The van der Waals surface area contributed by atoms with E-state index in [-0.39, 0.29) is 30.9 Å². The number of allylic oxidation sites excluding steroid dienone is 1. The Bertz CT molecular complexity index is 569. The number of benzene rings is 1. The smallest absolute Gasteiger partial charge is 0.231 e. The summed E-state index contributed by atoms with van der Waals surface area (Å²) < 4.78 is 10.7. The molecule has 1 saturated carbocycles. The first-order valence-electron chi connectivity index (χ1n) is 6.92. The van der Waals surface area contributed by atoms with Gasteiger partial charge in [0.25, 0.3) is 0 Å². The Labute approximate surface area is 131 Å². The zero-order chi connectivity index (χ0) is 14.1. The van der Waals surface area contributed by atoms with E-state index in [0.717, 1.165) is 42.0 Å². The van der Waals surface area contributed by atoms with Crippen LogP contribution in [0.1, 0.15) is 18.4 Å². The van der Waals surface area contributed by atoms with Gasteiger partial charge in [0.05, 0.1) is 0 Å². The third kappa shape index (κ3) is 3.39. The second kappa shape index (κ2) is 6.50. The van der Waals surface area contributed by atoms with Crippen LogP contribution in [-0.2, 0) is 4.79 Å². The van der Waals surface area contributed by atoms with Gasteiger partial charge in [0.15, 0.2) is 17.3 Å². The van der Waals surface area contributed by atoms with Gasteiger partial charge in [0.1, 0.15) is 0 Å². The molecule has 1 aliphatic heterocycles. The molecule has 0 aromatic heterocycles. The van der Waals surface area contributed by atoms with Gasteiger partial charge in [0.2, 0.25) is 6.79 Å². The SMILES string of the molecule is CN(C)CC1CC/C(=C\c2ccc3c(c2)OCO3)C1=O.Cl. The molecular weight excluding hydrogens is 290 g/mol. The summed E-state index contributed by atoms with van der Waals surface area (Å²) in [7, 11) is 4.01. The Kier molecular flexibility index (Phi) is 4.91. The van der Waals surface area contributed by atoms with Crippen LogP contribution in [0.3, 0.4) is 0 Å². The largest absolute Gasteiger partial charge is 0.454 e. The zero-order valence-electron chi connectivity index (χ0n) is 12.3. The van der Waals surface area contributed by atoms with Gasteiger partial charge in [-0.3, -0.25) is 4.79 Å². The number of rotatable bonds is 3. The van der Waals surface area contributed by atoms with Crippen LogP contribution in [0.4, 0.5) is 0 Å². The molecule has 3 rings (SSSR count). The number of hydrogen-bond acceptors (Lipinski definition) is 4. The molecule has 21 heavy (non-hydrogen) atoms. The molecule has 0 amide bonds. The van der Waals surface area contributed by atoms with Crippen LogP contribution in [-0.4, -0.2) is 38.1 Å². The summed E-state index contributed by atoms with van der Waals surface area (Å²) in [6.45, 7) is 1.11. The van der Waals surface area contributed by atoms with E-state index >= 15 is 0 Å². The van der Waals surface area contributed by atoms with Crippen molar-refractivity contribution in [2.24, 2.45) is 5.92 Å². The average molecular weight is 310 g/mol. The van der Waals surface area contributed by atoms with E-state index in [9.17, 15) is 4.79 Å². The highest BCUT2D eigenvalue weighted by molar-refractivity contribution is 6.03. The molecule has 0 radical (unpaired) electrons. The molecule has 1 aromatic rings. The molecule has 1 unspecified atom stereocenters. The van der Waals surface area contributed by atoms with Crippen molar-refractivity contribution in [1.82, 2.24) is 4.90 Å². The van der Waals surface area contributed by atoms with Crippen molar-refractivity contribution in [3.05, 3.63) is 29.3 Å². The van der Waals surface area contributed by atoms with Gasteiger partial charge in [-0.2, -0.15) is 0 Å². The molecule has 114 valence electrons. The Balaban J connectivity index is 0.00000161. The minimum atomic E-state index is 0. The molecule has 1 atom stereocenters. The summed E-state index contributed by atoms with van der Waals surface area (Å²) >= 11 is 0. The molecular formula is C16H20ClNO3. The van der Waals surface area contributed by atoms with Gasteiger partial charge < -0.3 is 14.4 Å². The maximum atomic E-state index is 12.3. The lowest BCUT2D eigenvalue weighted by Crippen LogP contribution is -2.24. The lowest BCUT2D eigenvalue weighted by Gasteiger charge is -2.13. The van der Waals surface area contributed by atoms with Gasteiger partial charge >= 0.3 is 0 Å². The summed E-state index contributed by atoms with van der Waals surface area (Å²) in [6, 6.07) is 5.79. The van der Waals surface area contributed by atoms with Gasteiger partial charge in [0, 0.05) is 12.5 Å². The fourth-order valence-electron chi connectivity index (χ4n) is 2.81. The summed E-state index contributed by atoms with van der Waals surface area (Å²) in [4.78, 5) is 14.4. The van der Waals surface area contributed by atoms with Crippen molar-refractivity contribution in [2.45, 2.75) is 12.8 Å². The predicted molar refractivity (Wildman–Crippen MR) is 84.1 cm³/mol. The van der Waals surface area contributed by atoms with Crippen LogP contribution in [0.25, 0.3) is 6.08 Å². The average Bonchev–Trinajstić information content (AvgIpc) is 2.99. The van der Waals surface area contributed by atoms with Crippen molar-refractivity contribution >= 4 is 24.3 Å². The van der Waals surface area contributed by atoms with Gasteiger partial charge in [-0.15, -0.1) is 12.4 Å². The van der Waals surface area contributed by atoms with E-state index in [4.69, 9.17) is 9.47 Å². The van der Waals surface area contributed by atoms with Crippen molar-refractivity contribution in [1.29, 1.82) is 0 Å². The third-order valence-corrected chi connectivity index (χ3v) is 3.77. The first-order valence-corrected chi connectivity index (χ1v) is 6.92. The number of hydrogen-bond donors (Lipinski definition) is 0. The number of Topliss-reactive ketones (excluding diaryl/α,β-unsaturated/α-hetero) is 1. The van der Waals surface area contributed by atoms with Crippen molar-refractivity contribution in [3.8, 4) is 11.5 Å². The Morgan fingerprint density at radius 1 is 1.29 bits per heavy atom. The predicted octanol–water partition coefficient (Wildman–Crippen LogP) is 2.76. The van der Waals surface area contributed by atoms with Gasteiger partial charge in [-0.25, -0.2) is 0 Å². The monoisotopic (exact) mass is 309 g/mol. The highest BCUT2D eigenvalue weighted by atomic mass is 35.5. The van der Waals surface area contributed by atoms with Crippen LogP contribution in [0.15, 0.2) is 23.8 Å². The zero-order valence-corrected chi connectivity index (χ0v) is 13.1.